The Morgan fingerprint density at radius 1 is 1.03 bits per heavy atom. The molecule has 0 saturated carbocycles. The van der Waals surface area contributed by atoms with Crippen LogP contribution in [0.1, 0.15) is 41.6 Å². The number of furan rings is 1. The third-order valence-electron chi connectivity index (χ3n) is 6.14. The molecule has 0 saturated heterocycles. The minimum absolute atomic E-state index is 0.0263. The van der Waals surface area contributed by atoms with Gasteiger partial charge in [0.1, 0.15) is 11.3 Å². The highest BCUT2D eigenvalue weighted by atomic mass is 16.5. The zero-order chi connectivity index (χ0) is 25.4. The molecule has 182 valence electrons. The molecule has 1 atom stereocenters. The summed E-state index contributed by atoms with van der Waals surface area (Å²) in [6.07, 6.45) is 0. The molecule has 3 aromatic carbocycles. The van der Waals surface area contributed by atoms with Crippen LogP contribution in [0, 0.1) is 12.8 Å². The lowest BCUT2D eigenvalue weighted by molar-refractivity contribution is -0.117. The number of hydrogen-bond acceptors (Lipinski definition) is 5. The predicted octanol–water partition coefficient (Wildman–Crippen LogP) is 6.56. The Labute approximate surface area is 209 Å². The number of aliphatic hydroxyl groups excluding tert-OH is 1. The van der Waals surface area contributed by atoms with Gasteiger partial charge in [-0.25, -0.2) is 0 Å². The number of ketones is 1. The molecule has 0 spiro atoms. The van der Waals surface area contributed by atoms with E-state index < -0.39 is 23.5 Å². The number of benzene rings is 3. The zero-order valence-corrected chi connectivity index (χ0v) is 20.4. The van der Waals surface area contributed by atoms with E-state index in [0.717, 1.165) is 10.9 Å². The third kappa shape index (κ3) is 4.26. The van der Waals surface area contributed by atoms with Crippen molar-refractivity contribution in [1.82, 2.24) is 0 Å². The SMILES string of the molecule is Cc1cccc(N2C(=O)C(O)=C(C(=O)c3cc4ccccc4o3)C2c2cccc(OCC(C)C)c2)c1. The first-order valence-electron chi connectivity index (χ1n) is 11.9. The number of hydrogen-bond donors (Lipinski definition) is 1. The summed E-state index contributed by atoms with van der Waals surface area (Å²) < 4.78 is 11.7. The van der Waals surface area contributed by atoms with Gasteiger partial charge in [0.25, 0.3) is 5.91 Å². The number of carbonyl (C=O) groups is 2. The molecule has 1 aromatic heterocycles. The van der Waals surface area contributed by atoms with Crippen LogP contribution < -0.4 is 9.64 Å². The monoisotopic (exact) mass is 481 g/mol. The number of para-hydroxylation sites is 1. The second-order valence-electron chi connectivity index (χ2n) is 9.43. The van der Waals surface area contributed by atoms with Crippen LogP contribution in [0.3, 0.4) is 0 Å². The van der Waals surface area contributed by atoms with E-state index in [4.69, 9.17) is 9.15 Å². The second kappa shape index (κ2) is 9.38. The van der Waals surface area contributed by atoms with E-state index in [1.54, 1.807) is 18.2 Å². The van der Waals surface area contributed by atoms with Gasteiger partial charge in [0.2, 0.25) is 5.78 Å². The Balaban J connectivity index is 1.63. The number of amides is 1. The highest BCUT2D eigenvalue weighted by Crippen LogP contribution is 2.43. The first-order chi connectivity index (χ1) is 17.3. The number of ether oxygens (including phenoxy) is 1. The van der Waals surface area contributed by atoms with Crippen LogP contribution in [0.5, 0.6) is 5.75 Å². The number of aliphatic hydroxyl groups is 1. The van der Waals surface area contributed by atoms with Crippen LogP contribution in [0.25, 0.3) is 11.0 Å². The third-order valence-corrected chi connectivity index (χ3v) is 6.14. The van der Waals surface area contributed by atoms with Crippen molar-refractivity contribution in [3.63, 3.8) is 0 Å². The average molecular weight is 482 g/mol. The maximum absolute atomic E-state index is 13.8. The van der Waals surface area contributed by atoms with Crippen LogP contribution in [0.4, 0.5) is 5.69 Å². The largest absolute Gasteiger partial charge is 0.503 e. The number of Topliss-reactive ketones (excluding diaryl/α,β-unsaturated/α-hetero) is 1. The summed E-state index contributed by atoms with van der Waals surface area (Å²) in [5, 5.41) is 11.8. The summed E-state index contributed by atoms with van der Waals surface area (Å²) in [6.45, 7) is 6.57. The first kappa shape index (κ1) is 23.4. The fourth-order valence-electron chi connectivity index (χ4n) is 4.46. The molecular formula is C30H27NO5. The molecule has 6 heteroatoms. The highest BCUT2D eigenvalue weighted by molar-refractivity contribution is 6.20. The minimum atomic E-state index is -0.859. The molecule has 0 radical (unpaired) electrons. The quantitative estimate of drug-likeness (QED) is 0.303. The lowest BCUT2D eigenvalue weighted by Crippen LogP contribution is -2.31. The van der Waals surface area contributed by atoms with Crippen LogP contribution in [-0.4, -0.2) is 23.4 Å². The molecule has 4 aromatic rings. The Morgan fingerprint density at radius 3 is 2.56 bits per heavy atom. The number of aryl methyl sites for hydroxylation is 1. The number of carbonyl (C=O) groups excluding carboxylic acids is 2. The van der Waals surface area contributed by atoms with Crippen molar-refractivity contribution in [3.05, 3.63) is 107 Å². The summed E-state index contributed by atoms with van der Waals surface area (Å²) in [6, 6.07) is 22.8. The van der Waals surface area contributed by atoms with Gasteiger partial charge in [-0.2, -0.15) is 0 Å². The van der Waals surface area contributed by atoms with Gasteiger partial charge in [-0.3, -0.25) is 14.5 Å². The maximum atomic E-state index is 13.8. The van der Waals surface area contributed by atoms with E-state index in [9.17, 15) is 14.7 Å². The summed E-state index contributed by atoms with van der Waals surface area (Å²) in [5.41, 5.74) is 2.71. The Morgan fingerprint density at radius 2 is 1.81 bits per heavy atom. The van der Waals surface area contributed by atoms with E-state index in [-0.39, 0.29) is 11.3 Å². The van der Waals surface area contributed by atoms with Crippen molar-refractivity contribution in [2.75, 3.05) is 11.5 Å². The number of nitrogens with zero attached hydrogens (tertiary/aromatic N) is 1. The van der Waals surface area contributed by atoms with Gasteiger partial charge in [0.05, 0.1) is 18.2 Å². The fraction of sp³-hybridized carbons (Fsp3) is 0.200. The minimum Gasteiger partial charge on any atom is -0.503 e. The van der Waals surface area contributed by atoms with Gasteiger partial charge < -0.3 is 14.3 Å². The first-order valence-corrected chi connectivity index (χ1v) is 11.9. The van der Waals surface area contributed by atoms with Gasteiger partial charge >= 0.3 is 0 Å². The molecule has 5 rings (SSSR count). The van der Waals surface area contributed by atoms with Crippen LogP contribution >= 0.6 is 0 Å². The highest BCUT2D eigenvalue weighted by Gasteiger charge is 2.45. The van der Waals surface area contributed by atoms with Gasteiger partial charge in [-0.15, -0.1) is 0 Å². The maximum Gasteiger partial charge on any atom is 0.294 e. The summed E-state index contributed by atoms with van der Waals surface area (Å²) >= 11 is 0. The van der Waals surface area contributed by atoms with Gasteiger partial charge in [-0.05, 0) is 60.4 Å². The molecule has 1 aliphatic rings. The predicted molar refractivity (Wildman–Crippen MR) is 138 cm³/mol. The van der Waals surface area contributed by atoms with Crippen molar-refractivity contribution in [3.8, 4) is 5.75 Å². The van der Waals surface area contributed by atoms with E-state index in [2.05, 4.69) is 13.8 Å². The topological polar surface area (TPSA) is 80.0 Å². The Bertz CT molecular complexity index is 1460. The van der Waals surface area contributed by atoms with E-state index in [1.165, 1.54) is 4.90 Å². The van der Waals surface area contributed by atoms with Crippen molar-refractivity contribution in [1.29, 1.82) is 0 Å². The average Bonchev–Trinajstić information content (AvgIpc) is 3.42. The van der Waals surface area contributed by atoms with Crippen molar-refractivity contribution >= 4 is 28.3 Å². The molecule has 1 aliphatic heterocycles. The van der Waals surface area contributed by atoms with Crippen LogP contribution in [0.2, 0.25) is 0 Å². The molecule has 1 amide bonds. The molecular weight excluding hydrogens is 454 g/mol. The smallest absolute Gasteiger partial charge is 0.294 e. The molecule has 0 fully saturated rings. The van der Waals surface area contributed by atoms with Crippen molar-refractivity contribution in [2.24, 2.45) is 5.92 Å². The fourth-order valence-corrected chi connectivity index (χ4v) is 4.46. The van der Waals surface area contributed by atoms with Gasteiger partial charge in [0.15, 0.2) is 11.5 Å². The Kier molecular flexibility index (Phi) is 6.10. The summed E-state index contributed by atoms with van der Waals surface area (Å²) in [5.74, 6) is -0.738. The molecule has 6 nitrogen and oxygen atoms in total. The number of rotatable bonds is 7. The van der Waals surface area contributed by atoms with E-state index in [1.807, 2.05) is 67.6 Å². The summed E-state index contributed by atoms with van der Waals surface area (Å²) in [7, 11) is 0. The molecule has 36 heavy (non-hydrogen) atoms. The van der Waals surface area contributed by atoms with Crippen molar-refractivity contribution < 1.29 is 23.8 Å². The van der Waals surface area contributed by atoms with Crippen molar-refractivity contribution in [2.45, 2.75) is 26.8 Å². The molecule has 1 N–H and O–H groups in total. The van der Waals surface area contributed by atoms with Crippen LogP contribution in [0.15, 0.2) is 94.6 Å². The normalized spacial score (nSPS) is 15.8. The number of fused-ring (bicyclic) bond motifs is 1. The lowest BCUT2D eigenvalue weighted by Gasteiger charge is -2.27. The van der Waals surface area contributed by atoms with Gasteiger partial charge in [-0.1, -0.05) is 56.3 Å². The molecule has 0 bridgehead atoms. The van der Waals surface area contributed by atoms with Gasteiger partial charge in [0, 0.05) is 11.1 Å². The zero-order valence-electron chi connectivity index (χ0n) is 20.4. The Hall–Kier alpha value is -4.32. The lowest BCUT2D eigenvalue weighted by atomic mass is 9.94. The number of anilines is 1. The summed E-state index contributed by atoms with van der Waals surface area (Å²) in [4.78, 5) is 28.7. The molecule has 2 heterocycles. The molecule has 1 unspecified atom stereocenters. The van der Waals surface area contributed by atoms with E-state index in [0.29, 0.717) is 35.1 Å². The molecule has 0 aliphatic carbocycles. The van der Waals surface area contributed by atoms with E-state index >= 15 is 0 Å². The second-order valence-corrected chi connectivity index (χ2v) is 9.43. The standard InChI is InChI=1S/C30H27NO5/c1-18(2)17-35-23-12-7-10-21(15-23)27-26(28(32)25-16-20-9-4-5-13-24(20)36-25)29(33)30(34)31(27)22-11-6-8-19(3)14-22/h4-16,18,27,33H,17H2,1-3H3. The van der Waals surface area contributed by atoms with Crippen LogP contribution in [-0.2, 0) is 4.79 Å².